The van der Waals surface area contributed by atoms with Gasteiger partial charge in [-0.3, -0.25) is 9.59 Å². The Bertz CT molecular complexity index is 234. The molecule has 6 heteroatoms. The highest BCUT2D eigenvalue weighted by atomic mass is 16.3. The maximum absolute atomic E-state index is 11.2. The van der Waals surface area contributed by atoms with Gasteiger partial charge in [-0.25, -0.2) is 0 Å². The summed E-state index contributed by atoms with van der Waals surface area (Å²) in [6.07, 6.45) is 2.40. The molecule has 1 atom stereocenters. The van der Waals surface area contributed by atoms with Crippen LogP contribution in [0.15, 0.2) is 0 Å². The van der Waals surface area contributed by atoms with Crippen molar-refractivity contribution in [3.8, 4) is 0 Å². The molecule has 0 radical (unpaired) electrons. The molecular formula is C11H22N2O4. The first-order valence-electron chi connectivity index (χ1n) is 5.90. The molecule has 0 aliphatic rings. The van der Waals surface area contributed by atoms with Crippen LogP contribution < -0.4 is 11.1 Å². The molecule has 0 heterocycles. The molecule has 100 valence electrons. The molecule has 0 rings (SSSR count). The van der Waals surface area contributed by atoms with Crippen LogP contribution in [-0.4, -0.2) is 41.3 Å². The van der Waals surface area contributed by atoms with Crippen molar-refractivity contribution in [1.29, 1.82) is 0 Å². The van der Waals surface area contributed by atoms with Gasteiger partial charge in [0.15, 0.2) is 0 Å². The van der Waals surface area contributed by atoms with Crippen molar-refractivity contribution in [2.45, 2.75) is 44.6 Å². The number of rotatable bonds is 10. The third-order valence-corrected chi connectivity index (χ3v) is 2.32. The van der Waals surface area contributed by atoms with Crippen molar-refractivity contribution in [3.63, 3.8) is 0 Å². The quantitative estimate of drug-likeness (QED) is 0.381. The van der Waals surface area contributed by atoms with Crippen molar-refractivity contribution in [3.05, 3.63) is 0 Å². The summed E-state index contributed by atoms with van der Waals surface area (Å²) in [5.74, 6) is -0.482. The maximum atomic E-state index is 11.2. The number of hydrogen-bond donors (Lipinski definition) is 4. The second-order valence-electron chi connectivity index (χ2n) is 4.00. The third kappa shape index (κ3) is 11.1. The van der Waals surface area contributed by atoms with Gasteiger partial charge >= 0.3 is 0 Å². The predicted octanol–water partition coefficient (Wildman–Crippen LogP) is -0.718. The number of amides is 2. The van der Waals surface area contributed by atoms with E-state index in [0.29, 0.717) is 25.8 Å². The van der Waals surface area contributed by atoms with E-state index in [2.05, 4.69) is 5.32 Å². The second-order valence-corrected chi connectivity index (χ2v) is 4.00. The Morgan fingerprint density at radius 1 is 1.18 bits per heavy atom. The van der Waals surface area contributed by atoms with Gasteiger partial charge in [0.1, 0.15) is 0 Å². The highest BCUT2D eigenvalue weighted by Crippen LogP contribution is 1.99. The number of aliphatic hydroxyl groups is 2. The van der Waals surface area contributed by atoms with Crippen LogP contribution in [0.3, 0.4) is 0 Å². The minimum absolute atomic E-state index is 0.0889. The van der Waals surface area contributed by atoms with Gasteiger partial charge in [0.2, 0.25) is 11.8 Å². The monoisotopic (exact) mass is 246 g/mol. The predicted molar refractivity (Wildman–Crippen MR) is 63.0 cm³/mol. The van der Waals surface area contributed by atoms with Gasteiger partial charge in [-0.2, -0.15) is 0 Å². The Morgan fingerprint density at radius 3 is 2.47 bits per heavy atom. The molecule has 0 spiro atoms. The van der Waals surface area contributed by atoms with E-state index in [9.17, 15) is 9.59 Å². The van der Waals surface area contributed by atoms with E-state index in [4.69, 9.17) is 15.9 Å². The summed E-state index contributed by atoms with van der Waals surface area (Å²) in [4.78, 5) is 21.6. The largest absolute Gasteiger partial charge is 0.394 e. The van der Waals surface area contributed by atoms with Crippen LogP contribution in [-0.2, 0) is 9.59 Å². The Labute approximate surface area is 101 Å². The summed E-state index contributed by atoms with van der Waals surface area (Å²) in [6, 6.07) is 0. The summed E-state index contributed by atoms with van der Waals surface area (Å²) in [6.45, 7) is 0.326. The van der Waals surface area contributed by atoms with E-state index in [1.165, 1.54) is 0 Å². The minimum Gasteiger partial charge on any atom is -0.394 e. The summed E-state index contributed by atoms with van der Waals surface area (Å²) in [7, 11) is 0. The molecule has 17 heavy (non-hydrogen) atoms. The van der Waals surface area contributed by atoms with Gasteiger partial charge in [0.05, 0.1) is 12.7 Å². The highest BCUT2D eigenvalue weighted by Gasteiger charge is 2.03. The first kappa shape index (κ1) is 15.9. The molecule has 0 aliphatic heterocycles. The van der Waals surface area contributed by atoms with E-state index in [1.54, 1.807) is 0 Å². The Kier molecular flexibility index (Phi) is 9.37. The van der Waals surface area contributed by atoms with Gasteiger partial charge in [0.25, 0.3) is 0 Å². The minimum atomic E-state index is -0.665. The van der Waals surface area contributed by atoms with Crippen LogP contribution in [0.4, 0.5) is 0 Å². The SMILES string of the molecule is NC(=O)CCCC(=O)NCCCC[C@H](O)CO. The molecule has 0 saturated heterocycles. The number of nitrogens with two attached hydrogens (primary N) is 1. The molecule has 0 fully saturated rings. The summed E-state index contributed by atoms with van der Waals surface area (Å²) in [5.41, 5.74) is 4.95. The van der Waals surface area contributed by atoms with E-state index < -0.39 is 12.0 Å². The van der Waals surface area contributed by atoms with Crippen LogP contribution in [0.2, 0.25) is 0 Å². The zero-order chi connectivity index (χ0) is 13.1. The number of unbranched alkanes of at least 4 members (excludes halogenated alkanes) is 1. The lowest BCUT2D eigenvalue weighted by Crippen LogP contribution is -2.25. The molecule has 0 bridgehead atoms. The van der Waals surface area contributed by atoms with Crippen LogP contribution >= 0.6 is 0 Å². The van der Waals surface area contributed by atoms with E-state index in [-0.39, 0.29) is 18.9 Å². The lowest BCUT2D eigenvalue weighted by molar-refractivity contribution is -0.121. The van der Waals surface area contributed by atoms with Gasteiger partial charge in [0, 0.05) is 19.4 Å². The normalized spacial score (nSPS) is 12.1. The Balaban J connectivity index is 3.30. The highest BCUT2D eigenvalue weighted by molar-refractivity contribution is 5.77. The van der Waals surface area contributed by atoms with E-state index in [0.717, 1.165) is 12.8 Å². The number of hydrogen-bond acceptors (Lipinski definition) is 4. The molecule has 5 N–H and O–H groups in total. The molecule has 0 aromatic carbocycles. The van der Waals surface area contributed by atoms with Gasteiger partial charge < -0.3 is 21.3 Å². The van der Waals surface area contributed by atoms with Crippen molar-refractivity contribution in [2.75, 3.05) is 13.2 Å². The number of primary amides is 1. The number of nitrogens with one attached hydrogen (secondary N) is 1. The maximum Gasteiger partial charge on any atom is 0.220 e. The molecule has 0 aromatic rings. The van der Waals surface area contributed by atoms with Gasteiger partial charge in [-0.1, -0.05) is 0 Å². The molecular weight excluding hydrogens is 224 g/mol. The zero-order valence-electron chi connectivity index (χ0n) is 10.0. The molecule has 0 unspecified atom stereocenters. The van der Waals surface area contributed by atoms with Crippen LogP contribution in [0.25, 0.3) is 0 Å². The molecule has 0 aromatic heterocycles. The third-order valence-electron chi connectivity index (χ3n) is 2.32. The average molecular weight is 246 g/mol. The number of carbonyl (C=O) groups is 2. The Morgan fingerprint density at radius 2 is 1.88 bits per heavy atom. The zero-order valence-corrected chi connectivity index (χ0v) is 10.0. The standard InChI is InChI=1S/C11H22N2O4/c12-10(16)5-3-6-11(17)13-7-2-1-4-9(15)8-14/h9,14-15H,1-8H2,(H2,12,16)(H,13,17)/t9-/m0/s1. The van der Waals surface area contributed by atoms with Crippen molar-refractivity contribution in [1.82, 2.24) is 5.32 Å². The van der Waals surface area contributed by atoms with Crippen LogP contribution in [0, 0.1) is 0 Å². The van der Waals surface area contributed by atoms with Crippen molar-refractivity contribution < 1.29 is 19.8 Å². The number of aliphatic hydroxyl groups excluding tert-OH is 2. The fraction of sp³-hybridized carbons (Fsp3) is 0.818. The van der Waals surface area contributed by atoms with Crippen LogP contribution in [0.5, 0.6) is 0 Å². The Hall–Kier alpha value is -1.14. The fourth-order valence-electron chi connectivity index (χ4n) is 1.34. The first-order valence-corrected chi connectivity index (χ1v) is 5.90. The lowest BCUT2D eigenvalue weighted by atomic mass is 10.1. The first-order chi connectivity index (χ1) is 8.06. The average Bonchev–Trinajstić information content (AvgIpc) is 2.27. The summed E-state index contributed by atoms with van der Waals surface area (Å²) < 4.78 is 0. The van der Waals surface area contributed by atoms with Crippen LogP contribution in [0.1, 0.15) is 38.5 Å². The molecule has 6 nitrogen and oxygen atoms in total. The number of carbonyl (C=O) groups excluding carboxylic acids is 2. The summed E-state index contributed by atoms with van der Waals surface area (Å²) >= 11 is 0. The summed E-state index contributed by atoms with van der Waals surface area (Å²) in [5, 5.41) is 20.3. The van der Waals surface area contributed by atoms with Gasteiger partial charge in [-0.15, -0.1) is 0 Å². The lowest BCUT2D eigenvalue weighted by Gasteiger charge is -2.07. The molecule has 2 amide bonds. The van der Waals surface area contributed by atoms with Crippen molar-refractivity contribution >= 4 is 11.8 Å². The van der Waals surface area contributed by atoms with Gasteiger partial charge in [-0.05, 0) is 25.7 Å². The molecule has 0 saturated carbocycles. The smallest absolute Gasteiger partial charge is 0.220 e. The van der Waals surface area contributed by atoms with E-state index in [1.807, 2.05) is 0 Å². The topological polar surface area (TPSA) is 113 Å². The second kappa shape index (κ2) is 10.0. The molecule has 0 aliphatic carbocycles. The van der Waals surface area contributed by atoms with Crippen molar-refractivity contribution in [2.24, 2.45) is 5.73 Å². The van der Waals surface area contributed by atoms with E-state index >= 15 is 0 Å². The fourth-order valence-corrected chi connectivity index (χ4v) is 1.34.